The summed E-state index contributed by atoms with van der Waals surface area (Å²) in [5, 5.41) is 14.0. The van der Waals surface area contributed by atoms with Gasteiger partial charge in [0.2, 0.25) is 12.0 Å². The van der Waals surface area contributed by atoms with Gasteiger partial charge in [0.05, 0.1) is 6.54 Å². The summed E-state index contributed by atoms with van der Waals surface area (Å²) in [7, 11) is 0. The number of amides is 1. The van der Waals surface area contributed by atoms with E-state index in [1.54, 1.807) is 24.8 Å². The van der Waals surface area contributed by atoms with Crippen molar-refractivity contribution in [1.82, 2.24) is 15.3 Å². The van der Waals surface area contributed by atoms with Gasteiger partial charge in [0.15, 0.2) is 0 Å². The number of fused-ring (bicyclic) bond motifs is 1. The molecule has 40 heavy (non-hydrogen) atoms. The molecule has 0 saturated heterocycles. The molecule has 4 aromatic rings. The van der Waals surface area contributed by atoms with Crippen LogP contribution in [0.5, 0.6) is 6.01 Å². The molecule has 0 aliphatic carbocycles. The molecule has 1 aromatic heterocycles. The van der Waals surface area contributed by atoms with E-state index in [1.807, 2.05) is 72.8 Å². The van der Waals surface area contributed by atoms with Crippen LogP contribution in [0.2, 0.25) is 0 Å². The van der Waals surface area contributed by atoms with E-state index < -0.39 is 17.6 Å². The van der Waals surface area contributed by atoms with Gasteiger partial charge in [0.25, 0.3) is 0 Å². The Balaban J connectivity index is 1.61. The van der Waals surface area contributed by atoms with Crippen LogP contribution in [0.1, 0.15) is 34.5 Å². The highest BCUT2D eigenvalue weighted by Crippen LogP contribution is 2.42. The zero-order chi connectivity index (χ0) is 28.1. The summed E-state index contributed by atoms with van der Waals surface area (Å²) < 4.78 is 6.14. The van der Waals surface area contributed by atoms with Gasteiger partial charge in [-0.25, -0.2) is 14.8 Å². The van der Waals surface area contributed by atoms with Crippen molar-refractivity contribution in [2.45, 2.75) is 38.3 Å². The number of hydrogen-bond donors (Lipinski definition) is 2. The number of carboxylic acid groups (broad SMARTS) is 1. The minimum Gasteiger partial charge on any atom is -0.478 e. The molecule has 2 heterocycles. The standard InChI is InChI=1S/C32H32N4O4/c1-22-20-23(2)35-31(34-22)40-29(30(38)39)32(25-15-7-4-8-16-25)26-17-9-10-18-27(26)36(28(37)21-33-32)19-11-14-24-12-5-3-6-13-24/h3-10,12-13,15-18,20,29,33H,11,14,19,21H2,1-2H3,(H,38,39)/t29-,32+/m1/s1. The van der Waals surface area contributed by atoms with E-state index in [0.29, 0.717) is 34.7 Å². The summed E-state index contributed by atoms with van der Waals surface area (Å²) in [6, 6.07) is 28.6. The van der Waals surface area contributed by atoms with Crippen LogP contribution in [-0.4, -0.2) is 46.1 Å². The number of aliphatic carboxylic acids is 1. The molecular weight excluding hydrogens is 504 g/mol. The highest BCUT2D eigenvalue weighted by molar-refractivity contribution is 5.97. The Hall–Kier alpha value is -4.56. The van der Waals surface area contributed by atoms with Crippen molar-refractivity contribution in [2.24, 2.45) is 0 Å². The summed E-state index contributed by atoms with van der Waals surface area (Å²) >= 11 is 0. The molecule has 0 unspecified atom stereocenters. The van der Waals surface area contributed by atoms with Gasteiger partial charge in [0.1, 0.15) is 5.54 Å². The molecule has 1 amide bonds. The van der Waals surface area contributed by atoms with Crippen molar-refractivity contribution >= 4 is 17.6 Å². The maximum Gasteiger partial charge on any atom is 0.347 e. The van der Waals surface area contributed by atoms with E-state index in [0.717, 1.165) is 12.8 Å². The number of aromatic nitrogens is 2. The molecule has 0 saturated carbocycles. The lowest BCUT2D eigenvalue weighted by Gasteiger charge is -2.39. The van der Waals surface area contributed by atoms with Crippen LogP contribution in [0.15, 0.2) is 91.0 Å². The number of nitrogens with one attached hydrogen (secondary N) is 1. The van der Waals surface area contributed by atoms with Crippen molar-refractivity contribution in [3.8, 4) is 6.01 Å². The molecule has 8 nitrogen and oxygen atoms in total. The van der Waals surface area contributed by atoms with Gasteiger partial charge in [0, 0.05) is 29.2 Å². The summed E-state index contributed by atoms with van der Waals surface area (Å²) in [5.74, 6) is -1.36. The number of carboxylic acids is 1. The number of hydrogen-bond acceptors (Lipinski definition) is 6. The molecule has 204 valence electrons. The number of aryl methyl sites for hydroxylation is 3. The van der Waals surface area contributed by atoms with Crippen molar-refractivity contribution < 1.29 is 19.4 Å². The van der Waals surface area contributed by atoms with Gasteiger partial charge in [-0.05, 0) is 49.9 Å². The van der Waals surface area contributed by atoms with Crippen molar-refractivity contribution in [2.75, 3.05) is 18.0 Å². The number of benzene rings is 3. The van der Waals surface area contributed by atoms with Crippen molar-refractivity contribution in [1.29, 1.82) is 0 Å². The van der Waals surface area contributed by atoms with Crippen LogP contribution in [0.3, 0.4) is 0 Å². The molecule has 0 spiro atoms. The third-order valence-electron chi connectivity index (χ3n) is 7.16. The predicted octanol–water partition coefficient (Wildman–Crippen LogP) is 4.44. The van der Waals surface area contributed by atoms with Gasteiger partial charge in [-0.2, -0.15) is 0 Å². The van der Waals surface area contributed by atoms with Crippen LogP contribution >= 0.6 is 0 Å². The monoisotopic (exact) mass is 536 g/mol. The number of carbonyl (C=O) groups is 2. The Morgan fingerprint density at radius 1 is 0.975 bits per heavy atom. The van der Waals surface area contributed by atoms with Crippen LogP contribution in [0.4, 0.5) is 5.69 Å². The Morgan fingerprint density at radius 3 is 2.27 bits per heavy atom. The van der Waals surface area contributed by atoms with E-state index in [4.69, 9.17) is 4.74 Å². The first-order chi connectivity index (χ1) is 19.4. The lowest BCUT2D eigenvalue weighted by atomic mass is 9.77. The first kappa shape index (κ1) is 27.0. The molecule has 8 heteroatoms. The summed E-state index contributed by atoms with van der Waals surface area (Å²) in [6.07, 6.45) is 0.0708. The molecule has 0 radical (unpaired) electrons. The van der Waals surface area contributed by atoms with E-state index in [-0.39, 0.29) is 18.5 Å². The quantitative estimate of drug-likeness (QED) is 0.326. The van der Waals surface area contributed by atoms with Crippen LogP contribution in [0.25, 0.3) is 0 Å². The zero-order valence-corrected chi connectivity index (χ0v) is 22.6. The minimum atomic E-state index is -1.49. The number of ether oxygens (including phenoxy) is 1. The Bertz CT molecular complexity index is 1480. The van der Waals surface area contributed by atoms with Crippen LogP contribution in [0, 0.1) is 13.8 Å². The maximum absolute atomic E-state index is 13.6. The lowest BCUT2D eigenvalue weighted by molar-refractivity contribution is -0.149. The zero-order valence-electron chi connectivity index (χ0n) is 22.6. The normalized spacial score (nSPS) is 17.6. The van der Waals surface area contributed by atoms with Crippen molar-refractivity contribution in [3.05, 3.63) is 119 Å². The van der Waals surface area contributed by atoms with Gasteiger partial charge in [-0.3, -0.25) is 10.1 Å². The fourth-order valence-corrected chi connectivity index (χ4v) is 5.43. The number of para-hydroxylation sites is 1. The average molecular weight is 537 g/mol. The fraction of sp³-hybridized carbons (Fsp3) is 0.250. The SMILES string of the molecule is Cc1cc(C)nc(O[C@H](C(=O)O)[C@@]2(c3ccccc3)NCC(=O)N(CCCc3ccccc3)c3ccccc32)n1. The van der Waals surface area contributed by atoms with E-state index in [1.165, 1.54) is 5.56 Å². The molecule has 0 fully saturated rings. The molecular formula is C32H32N4O4. The van der Waals surface area contributed by atoms with Gasteiger partial charge < -0.3 is 14.7 Å². The van der Waals surface area contributed by atoms with Crippen molar-refractivity contribution in [3.63, 3.8) is 0 Å². The highest BCUT2D eigenvalue weighted by atomic mass is 16.5. The second-order valence-electron chi connectivity index (χ2n) is 9.95. The number of carbonyl (C=O) groups excluding carboxylic acids is 1. The van der Waals surface area contributed by atoms with E-state index in [9.17, 15) is 14.7 Å². The first-order valence-electron chi connectivity index (χ1n) is 13.3. The second-order valence-corrected chi connectivity index (χ2v) is 9.95. The topological polar surface area (TPSA) is 105 Å². The minimum absolute atomic E-state index is 0.0326. The Kier molecular flexibility index (Phi) is 7.89. The number of rotatable bonds is 9. The van der Waals surface area contributed by atoms with E-state index >= 15 is 0 Å². The van der Waals surface area contributed by atoms with E-state index in [2.05, 4.69) is 27.4 Å². The first-order valence-corrected chi connectivity index (χ1v) is 13.3. The average Bonchev–Trinajstić information content (AvgIpc) is 3.07. The molecule has 5 rings (SSSR count). The maximum atomic E-state index is 13.6. The van der Waals surface area contributed by atoms with Gasteiger partial charge in [-0.1, -0.05) is 78.9 Å². The van der Waals surface area contributed by atoms with Gasteiger partial charge >= 0.3 is 12.0 Å². The summed E-state index contributed by atoms with van der Waals surface area (Å²) in [4.78, 5) is 37.1. The molecule has 3 aromatic carbocycles. The largest absolute Gasteiger partial charge is 0.478 e. The lowest BCUT2D eigenvalue weighted by Crippen LogP contribution is -2.58. The molecule has 1 aliphatic rings. The number of nitrogens with zero attached hydrogens (tertiary/aromatic N) is 3. The molecule has 1 aliphatic heterocycles. The third-order valence-corrected chi connectivity index (χ3v) is 7.16. The van der Waals surface area contributed by atoms with Crippen LogP contribution in [-0.2, 0) is 21.5 Å². The highest BCUT2D eigenvalue weighted by Gasteiger charge is 2.52. The summed E-state index contributed by atoms with van der Waals surface area (Å²) in [5.41, 5.74) is 3.02. The third kappa shape index (κ3) is 5.44. The fourth-order valence-electron chi connectivity index (χ4n) is 5.43. The Morgan fingerprint density at radius 2 is 1.60 bits per heavy atom. The molecule has 2 N–H and O–H groups in total. The second kappa shape index (κ2) is 11.7. The number of anilines is 1. The van der Waals surface area contributed by atoms with Crippen LogP contribution < -0.4 is 15.0 Å². The molecule has 0 bridgehead atoms. The predicted molar refractivity (Wildman–Crippen MR) is 152 cm³/mol. The Labute approximate surface area is 233 Å². The molecule has 2 atom stereocenters. The smallest absolute Gasteiger partial charge is 0.347 e. The summed E-state index contributed by atoms with van der Waals surface area (Å²) in [6.45, 7) is 4.00. The van der Waals surface area contributed by atoms with Gasteiger partial charge in [-0.15, -0.1) is 0 Å².